The number of sulfonamides is 3. The summed E-state index contributed by atoms with van der Waals surface area (Å²) in [5, 5.41) is 0. The Morgan fingerprint density at radius 1 is 0.407 bits per heavy atom. The Bertz CT molecular complexity index is 4260. The Balaban J connectivity index is 0.000000189. The number of carbonyl (C=O) groups is 3. The number of nitrogens with two attached hydrogens (primary N) is 1. The molecule has 2 N–H and O–H groups in total. The van der Waals surface area contributed by atoms with Crippen molar-refractivity contribution in [1.82, 2.24) is 12.9 Å². The number of piperazine rings is 3. The summed E-state index contributed by atoms with van der Waals surface area (Å²) in [5.74, 6) is 0.151. The van der Waals surface area contributed by atoms with E-state index in [1.165, 1.54) is 44.9 Å². The fourth-order valence-electron chi connectivity index (χ4n) is 13.3. The summed E-state index contributed by atoms with van der Waals surface area (Å²) in [6.45, 7) is 19.3. The summed E-state index contributed by atoms with van der Waals surface area (Å²) < 4.78 is 134. The van der Waals surface area contributed by atoms with E-state index in [0.29, 0.717) is 142 Å². The molecule has 108 heavy (non-hydrogen) atoms. The lowest BCUT2D eigenvalue weighted by atomic mass is 10.1. The highest BCUT2D eigenvalue weighted by Crippen LogP contribution is 2.34. The lowest BCUT2D eigenvalue weighted by Crippen LogP contribution is -2.48. The third-order valence-corrected chi connectivity index (χ3v) is 24.2. The Kier molecular flexibility index (Phi) is 33.5. The molecule has 0 radical (unpaired) electrons. The van der Waals surface area contributed by atoms with Crippen LogP contribution in [0.15, 0.2) is 95.9 Å². The SMILES string of the molecule is COCc1cc(N(C)C(C)=O)ccc1N1CCN(S(C)(=O)=O)CC1.COCc1cc(N(C)C(C)=O)ccc1N1CCOCC1.COCc1cc(N)ccc1N1CCN(S(C)(=O)=O)CC1.COCc1cc(N2CCCC2=O)ccc1N1CCN(S(C)(=O)=O)CC1.COCc1cc(S(C)(=O)=O)ccc1N1CCOCC1. The zero-order chi connectivity index (χ0) is 79.1. The molecule has 0 unspecified atom stereocenters. The monoisotopic (exact) mass is 1580 g/mol. The molecule has 0 atom stereocenters. The summed E-state index contributed by atoms with van der Waals surface area (Å²) in [4.78, 5) is 51.4. The van der Waals surface area contributed by atoms with Gasteiger partial charge in [-0.05, 0) is 97.4 Å². The minimum atomic E-state index is -3.19. The van der Waals surface area contributed by atoms with Gasteiger partial charge in [-0.15, -0.1) is 0 Å². The Morgan fingerprint density at radius 3 is 1.03 bits per heavy atom. The number of carbonyl (C=O) groups excluding carboxylic acids is 3. The Hall–Kier alpha value is -7.29. The van der Waals surface area contributed by atoms with Gasteiger partial charge >= 0.3 is 0 Å². The van der Waals surface area contributed by atoms with Gasteiger partial charge in [-0.2, -0.15) is 12.9 Å². The van der Waals surface area contributed by atoms with Gasteiger partial charge in [-0.1, -0.05) is 0 Å². The van der Waals surface area contributed by atoms with Crippen LogP contribution in [0.5, 0.6) is 0 Å². The van der Waals surface area contributed by atoms with Crippen molar-refractivity contribution in [3.63, 3.8) is 0 Å². The molecule has 6 fully saturated rings. The average Bonchev–Trinajstić information content (AvgIpc) is 1.17. The molecule has 3 amide bonds. The van der Waals surface area contributed by atoms with Gasteiger partial charge in [0.1, 0.15) is 0 Å². The number of methoxy groups -OCH3 is 5. The third-order valence-electron chi connectivity index (χ3n) is 19.2. The third kappa shape index (κ3) is 25.4. The van der Waals surface area contributed by atoms with Gasteiger partial charge < -0.3 is 78.1 Å². The van der Waals surface area contributed by atoms with Crippen LogP contribution in [-0.4, -0.2) is 277 Å². The van der Waals surface area contributed by atoms with Crippen LogP contribution in [0, 0.1) is 0 Å². The maximum atomic E-state index is 12.0. The number of nitrogen functional groups attached to an aromatic ring is 1. The van der Waals surface area contributed by atoms with Gasteiger partial charge in [0, 0.05) is 266 Å². The van der Waals surface area contributed by atoms with Crippen LogP contribution in [-0.2, 0) is 120 Å². The minimum absolute atomic E-state index is 0.0208. The van der Waals surface area contributed by atoms with E-state index in [2.05, 4.69) is 30.6 Å². The van der Waals surface area contributed by atoms with E-state index in [9.17, 15) is 48.1 Å². The number of amides is 3. The molecule has 5 aromatic rings. The molecule has 6 aliphatic rings. The zero-order valence-corrected chi connectivity index (χ0v) is 68.2. The highest BCUT2D eigenvalue weighted by atomic mass is 32.2. The van der Waals surface area contributed by atoms with Crippen LogP contribution >= 0.6 is 0 Å². The van der Waals surface area contributed by atoms with Gasteiger partial charge in [-0.3, -0.25) is 14.4 Å². The van der Waals surface area contributed by atoms with Crippen LogP contribution in [0.4, 0.5) is 51.2 Å². The molecule has 0 spiro atoms. The van der Waals surface area contributed by atoms with Crippen LogP contribution in [0.2, 0.25) is 0 Å². The maximum Gasteiger partial charge on any atom is 0.227 e. The van der Waals surface area contributed by atoms with Crippen molar-refractivity contribution in [2.45, 2.75) is 64.6 Å². The number of nitrogens with zero attached hydrogens (tertiary/aromatic N) is 11. The Labute approximate surface area is 640 Å². The molecule has 30 nitrogen and oxygen atoms in total. The second kappa shape index (κ2) is 41.1. The van der Waals surface area contributed by atoms with E-state index in [-0.39, 0.29) is 17.7 Å². The quantitative estimate of drug-likeness (QED) is 0.0875. The fourth-order valence-corrected chi connectivity index (χ4v) is 16.4. The lowest BCUT2D eigenvalue weighted by Gasteiger charge is -2.36. The molecule has 0 saturated carbocycles. The van der Waals surface area contributed by atoms with Gasteiger partial charge in [0.05, 0.1) is 83.1 Å². The molecule has 6 aliphatic heterocycles. The number of morpholine rings is 2. The van der Waals surface area contributed by atoms with Crippen molar-refractivity contribution in [1.29, 1.82) is 0 Å². The number of benzene rings is 5. The van der Waals surface area contributed by atoms with Gasteiger partial charge in [0.15, 0.2) is 9.84 Å². The molecule has 6 saturated heterocycles. The van der Waals surface area contributed by atoms with E-state index in [1.807, 2.05) is 77.7 Å². The maximum absolute atomic E-state index is 12.0. The molecule has 0 bridgehead atoms. The van der Waals surface area contributed by atoms with Crippen molar-refractivity contribution in [2.75, 3.05) is 257 Å². The van der Waals surface area contributed by atoms with Gasteiger partial charge in [0.2, 0.25) is 47.8 Å². The predicted octanol–water partition coefficient (Wildman–Crippen LogP) is 5.16. The number of hydrogen-bond donors (Lipinski definition) is 1. The molecule has 34 heteroatoms. The number of ether oxygens (including phenoxy) is 7. The summed E-state index contributed by atoms with van der Waals surface area (Å²) >= 11 is 0. The first-order valence-electron chi connectivity index (χ1n) is 35.8. The molecule has 600 valence electrons. The van der Waals surface area contributed by atoms with Crippen LogP contribution in [0.3, 0.4) is 0 Å². The van der Waals surface area contributed by atoms with Crippen molar-refractivity contribution >= 4 is 109 Å². The number of hydrogen-bond acceptors (Lipinski definition) is 24. The van der Waals surface area contributed by atoms with Crippen molar-refractivity contribution in [3.8, 4) is 0 Å². The first kappa shape index (κ1) is 87.9. The smallest absolute Gasteiger partial charge is 0.227 e. The van der Waals surface area contributed by atoms with E-state index in [0.717, 1.165) is 126 Å². The van der Waals surface area contributed by atoms with E-state index >= 15 is 0 Å². The number of rotatable bonds is 22. The van der Waals surface area contributed by atoms with Gasteiger partial charge in [0.25, 0.3) is 0 Å². The molecule has 6 heterocycles. The first-order chi connectivity index (χ1) is 51.2. The molecule has 5 aromatic carbocycles. The van der Waals surface area contributed by atoms with Crippen molar-refractivity contribution in [2.24, 2.45) is 0 Å². The van der Waals surface area contributed by atoms with E-state index in [1.54, 1.807) is 78.5 Å². The molecule has 0 aliphatic carbocycles. The minimum Gasteiger partial charge on any atom is -0.399 e. The van der Waals surface area contributed by atoms with Crippen LogP contribution < -0.4 is 44.9 Å². The summed E-state index contributed by atoms with van der Waals surface area (Å²) in [5.41, 5.74) is 19.5. The fraction of sp³-hybridized carbons (Fsp3) is 0.554. The normalized spacial score (nSPS) is 17.1. The van der Waals surface area contributed by atoms with Gasteiger partial charge in [-0.25, -0.2) is 33.7 Å². The summed E-state index contributed by atoms with van der Waals surface area (Å²) in [6, 6.07) is 28.8. The van der Waals surface area contributed by atoms with Crippen molar-refractivity contribution in [3.05, 3.63) is 119 Å². The largest absolute Gasteiger partial charge is 0.399 e. The standard InChI is InChI=1S/C17H25N3O4S.C16H25N3O4S.C15H22N2O3.C13H21N3O3S.C13H19NO4S/c1-24-13-14-12-15(20-7-3-4-17(20)21)5-6-16(14)18-8-10-19(11-9-18)25(2,22)23;1-13(20)17(2)15-5-6-16(14(11-15)12-23-3)18-7-9-19(10-8-18)24(4,21)22;1-12(18)16(2)14-4-5-15(13(10-14)11-19-3)17-6-8-20-9-7-17;1-19-10-11-9-12(14)3-4-13(11)15-5-7-16(8-6-15)20(2,17)18;1-17-10-11-9-12(19(2,15)16)3-4-13(11)14-5-7-18-8-6-14/h5-6,12H,3-4,7-11,13H2,1-2H3;5-6,11H,7-10,12H2,1-4H3;4-5,10H,6-9,11H2,1-3H3;3-4,9H,5-8,10,14H2,1-2H3;3-4,9H,5-8,10H2,1-2H3. The summed E-state index contributed by atoms with van der Waals surface area (Å²) in [7, 11) is -0.827. The highest BCUT2D eigenvalue weighted by molar-refractivity contribution is 7.90. The molecule has 11 rings (SSSR count). The van der Waals surface area contributed by atoms with Crippen LogP contribution in [0.1, 0.15) is 54.5 Å². The Morgan fingerprint density at radius 2 is 0.713 bits per heavy atom. The van der Waals surface area contributed by atoms with Crippen molar-refractivity contribution < 1.29 is 81.2 Å². The number of anilines is 9. The topological polar surface area (TPSA) is 314 Å². The zero-order valence-electron chi connectivity index (χ0n) is 64.9. The molecular weight excluding hydrogens is 1470 g/mol. The average molecular weight is 1590 g/mol. The highest BCUT2D eigenvalue weighted by Gasteiger charge is 2.30. The molecule has 0 aromatic heterocycles. The first-order valence-corrected chi connectivity index (χ1v) is 43.2. The lowest BCUT2D eigenvalue weighted by molar-refractivity contribution is -0.117. The predicted molar refractivity (Wildman–Crippen MR) is 425 cm³/mol. The van der Waals surface area contributed by atoms with E-state index < -0.39 is 39.9 Å². The van der Waals surface area contributed by atoms with E-state index in [4.69, 9.17) is 38.9 Å². The van der Waals surface area contributed by atoms with Crippen LogP contribution in [0.25, 0.3) is 0 Å². The second-order valence-corrected chi connectivity index (χ2v) is 35.0. The number of sulfone groups is 1. The second-order valence-electron chi connectivity index (χ2n) is 27.0. The summed E-state index contributed by atoms with van der Waals surface area (Å²) in [6.07, 6.45) is 6.46. The molecular formula is C74H112N12O18S4.